The van der Waals surface area contributed by atoms with Gasteiger partial charge in [-0.25, -0.2) is 4.98 Å². The van der Waals surface area contributed by atoms with Gasteiger partial charge in [0.15, 0.2) is 0 Å². The fraction of sp³-hybridized carbons (Fsp3) is 0.562. The molecule has 4 nitrogen and oxygen atoms in total. The molecule has 0 aromatic carbocycles. The minimum atomic E-state index is 0.341. The van der Waals surface area contributed by atoms with E-state index in [0.29, 0.717) is 6.10 Å². The van der Waals surface area contributed by atoms with Crippen LogP contribution in [0.3, 0.4) is 0 Å². The third kappa shape index (κ3) is 4.15. The Kier molecular flexibility index (Phi) is 5.06. The van der Waals surface area contributed by atoms with Gasteiger partial charge in [0, 0.05) is 48.4 Å². The van der Waals surface area contributed by atoms with Crippen molar-refractivity contribution in [2.45, 2.75) is 38.5 Å². The highest BCUT2D eigenvalue weighted by molar-refractivity contribution is 7.12. The van der Waals surface area contributed by atoms with Gasteiger partial charge in [0.25, 0.3) is 0 Å². The average molecular weight is 305 g/mol. The number of aromatic nitrogens is 2. The molecule has 0 bridgehead atoms. The molecular formula is C16H23N3OS. The molecule has 0 radical (unpaired) electrons. The summed E-state index contributed by atoms with van der Waals surface area (Å²) in [5, 5.41) is 0. The Labute approximate surface area is 130 Å². The molecule has 0 saturated carbocycles. The van der Waals surface area contributed by atoms with Crippen molar-refractivity contribution >= 4 is 11.3 Å². The second-order valence-corrected chi connectivity index (χ2v) is 6.90. The van der Waals surface area contributed by atoms with E-state index in [0.717, 1.165) is 26.2 Å². The number of nitrogens with zero attached hydrogens (tertiary/aromatic N) is 3. The number of hydrogen-bond acceptors (Lipinski definition) is 4. The van der Waals surface area contributed by atoms with E-state index in [1.54, 1.807) is 0 Å². The normalized spacial score (nSPS) is 19.2. The highest BCUT2D eigenvalue weighted by Crippen LogP contribution is 2.32. The summed E-state index contributed by atoms with van der Waals surface area (Å²) in [5.41, 5.74) is 0. The molecule has 1 atom stereocenters. The van der Waals surface area contributed by atoms with Crippen molar-refractivity contribution in [2.75, 3.05) is 20.2 Å². The van der Waals surface area contributed by atoms with Crippen LogP contribution in [0.1, 0.15) is 35.1 Å². The zero-order valence-electron chi connectivity index (χ0n) is 12.6. The van der Waals surface area contributed by atoms with Gasteiger partial charge in [-0.3, -0.25) is 4.90 Å². The zero-order chi connectivity index (χ0) is 14.5. The van der Waals surface area contributed by atoms with Gasteiger partial charge in [-0.05, 0) is 38.4 Å². The Morgan fingerprint density at radius 2 is 2.38 bits per heavy atom. The fourth-order valence-electron chi connectivity index (χ4n) is 2.67. The third-order valence-electron chi connectivity index (χ3n) is 3.90. The topological polar surface area (TPSA) is 30.3 Å². The summed E-state index contributed by atoms with van der Waals surface area (Å²) in [5.74, 6) is 0. The second-order valence-electron chi connectivity index (χ2n) is 5.70. The fourth-order valence-corrected chi connectivity index (χ4v) is 3.85. The van der Waals surface area contributed by atoms with E-state index >= 15 is 0 Å². The molecule has 1 unspecified atom stereocenters. The first kappa shape index (κ1) is 14.8. The third-order valence-corrected chi connectivity index (χ3v) is 5.07. The molecule has 1 aliphatic rings. The van der Waals surface area contributed by atoms with E-state index in [1.165, 1.54) is 29.0 Å². The first-order chi connectivity index (χ1) is 10.3. The van der Waals surface area contributed by atoms with Crippen LogP contribution < -0.4 is 0 Å². The van der Waals surface area contributed by atoms with Gasteiger partial charge in [0.2, 0.25) is 0 Å². The highest BCUT2D eigenvalue weighted by atomic mass is 32.1. The predicted octanol–water partition coefficient (Wildman–Crippen LogP) is 3.32. The van der Waals surface area contributed by atoms with Crippen LogP contribution in [0.4, 0.5) is 0 Å². The highest BCUT2D eigenvalue weighted by Gasteiger charge is 2.18. The predicted molar refractivity (Wildman–Crippen MR) is 85.4 cm³/mol. The van der Waals surface area contributed by atoms with Crippen LogP contribution in [0.5, 0.6) is 0 Å². The molecular weight excluding hydrogens is 282 g/mol. The largest absolute Gasteiger partial charge is 0.373 e. The molecule has 0 N–H and O–H groups in total. The van der Waals surface area contributed by atoms with Crippen LogP contribution in [0.2, 0.25) is 0 Å². The first-order valence-electron chi connectivity index (χ1n) is 7.66. The van der Waals surface area contributed by atoms with Gasteiger partial charge in [0.05, 0.1) is 12.4 Å². The molecule has 0 amide bonds. The van der Waals surface area contributed by atoms with Gasteiger partial charge in [-0.15, -0.1) is 11.3 Å². The Morgan fingerprint density at radius 1 is 1.43 bits per heavy atom. The van der Waals surface area contributed by atoms with Crippen LogP contribution >= 0.6 is 11.3 Å². The molecule has 3 heterocycles. The van der Waals surface area contributed by atoms with Gasteiger partial charge < -0.3 is 9.30 Å². The van der Waals surface area contributed by atoms with E-state index < -0.39 is 0 Å². The Balaban J connectivity index is 1.49. The second kappa shape index (κ2) is 7.20. The maximum atomic E-state index is 5.87. The summed E-state index contributed by atoms with van der Waals surface area (Å²) in [6.45, 7) is 3.94. The summed E-state index contributed by atoms with van der Waals surface area (Å²) in [4.78, 5) is 9.25. The molecule has 1 fully saturated rings. The van der Waals surface area contributed by atoms with E-state index in [4.69, 9.17) is 4.74 Å². The Hall–Kier alpha value is -1.17. The maximum Gasteiger partial charge on any atom is 0.0946 e. The van der Waals surface area contributed by atoms with Gasteiger partial charge >= 0.3 is 0 Å². The lowest BCUT2D eigenvalue weighted by molar-refractivity contribution is 0.0172. The van der Waals surface area contributed by atoms with Crippen molar-refractivity contribution in [3.8, 4) is 0 Å². The molecule has 1 aliphatic heterocycles. The quantitative estimate of drug-likeness (QED) is 0.820. The minimum Gasteiger partial charge on any atom is -0.373 e. The summed E-state index contributed by atoms with van der Waals surface area (Å²) >= 11 is 1.91. The maximum absolute atomic E-state index is 5.87. The van der Waals surface area contributed by atoms with Crippen molar-refractivity contribution in [3.05, 3.63) is 40.6 Å². The Morgan fingerprint density at radius 3 is 3.14 bits per heavy atom. The van der Waals surface area contributed by atoms with E-state index in [1.807, 2.05) is 30.1 Å². The van der Waals surface area contributed by atoms with Crippen LogP contribution in [-0.4, -0.2) is 34.7 Å². The van der Waals surface area contributed by atoms with Crippen LogP contribution in [0, 0.1) is 0 Å². The SMILES string of the molecule is CN(CCn1ccnc1)Cc1ccc(C2CCCCO2)s1. The summed E-state index contributed by atoms with van der Waals surface area (Å²) in [7, 11) is 2.17. The van der Waals surface area contributed by atoms with E-state index in [9.17, 15) is 0 Å². The van der Waals surface area contributed by atoms with Crippen LogP contribution in [0.15, 0.2) is 30.9 Å². The van der Waals surface area contributed by atoms with Gasteiger partial charge in [0.1, 0.15) is 0 Å². The van der Waals surface area contributed by atoms with Crippen molar-refractivity contribution in [1.82, 2.24) is 14.5 Å². The van der Waals surface area contributed by atoms with Crippen molar-refractivity contribution < 1.29 is 4.74 Å². The number of ether oxygens (including phenoxy) is 1. The van der Waals surface area contributed by atoms with Gasteiger partial charge in [-0.2, -0.15) is 0 Å². The number of hydrogen-bond donors (Lipinski definition) is 0. The zero-order valence-corrected chi connectivity index (χ0v) is 13.4. The number of imidazole rings is 1. The number of thiophene rings is 1. The molecule has 3 rings (SSSR count). The lowest BCUT2D eigenvalue weighted by atomic mass is 10.1. The lowest BCUT2D eigenvalue weighted by Gasteiger charge is -2.21. The molecule has 5 heteroatoms. The first-order valence-corrected chi connectivity index (χ1v) is 8.47. The van der Waals surface area contributed by atoms with Gasteiger partial charge in [-0.1, -0.05) is 0 Å². The van der Waals surface area contributed by atoms with Crippen molar-refractivity contribution in [3.63, 3.8) is 0 Å². The molecule has 2 aromatic rings. The monoisotopic (exact) mass is 305 g/mol. The number of likely N-dealkylation sites (N-methyl/N-ethyl adjacent to an activating group) is 1. The number of rotatable bonds is 6. The average Bonchev–Trinajstić information content (AvgIpc) is 3.17. The van der Waals surface area contributed by atoms with Crippen LogP contribution in [0.25, 0.3) is 0 Å². The Bertz CT molecular complexity index is 531. The molecule has 2 aromatic heterocycles. The van der Waals surface area contributed by atoms with E-state index in [2.05, 4.69) is 33.6 Å². The standard InChI is InChI=1S/C16H23N3OS/c1-18(9-10-19-8-7-17-13-19)12-14-5-6-16(21-14)15-4-2-3-11-20-15/h5-8,13,15H,2-4,9-12H2,1H3. The summed E-state index contributed by atoms with van der Waals surface area (Å²) in [6, 6.07) is 4.51. The lowest BCUT2D eigenvalue weighted by Crippen LogP contribution is -2.22. The molecule has 21 heavy (non-hydrogen) atoms. The molecule has 1 saturated heterocycles. The van der Waals surface area contributed by atoms with Crippen molar-refractivity contribution in [1.29, 1.82) is 0 Å². The smallest absolute Gasteiger partial charge is 0.0946 e. The molecule has 0 aliphatic carbocycles. The van der Waals surface area contributed by atoms with Crippen LogP contribution in [-0.2, 0) is 17.8 Å². The molecule has 114 valence electrons. The minimum absolute atomic E-state index is 0.341. The summed E-state index contributed by atoms with van der Waals surface area (Å²) < 4.78 is 7.98. The van der Waals surface area contributed by atoms with Crippen molar-refractivity contribution in [2.24, 2.45) is 0 Å². The van der Waals surface area contributed by atoms with E-state index in [-0.39, 0.29) is 0 Å². The molecule has 0 spiro atoms. The summed E-state index contributed by atoms with van der Waals surface area (Å²) in [6.07, 6.45) is 9.74.